The summed E-state index contributed by atoms with van der Waals surface area (Å²) in [5.74, 6) is -0.808. The van der Waals surface area contributed by atoms with Crippen molar-refractivity contribution in [1.29, 1.82) is 0 Å². The maximum absolute atomic E-state index is 12.1. The molecule has 1 atom stereocenters. The van der Waals surface area contributed by atoms with Crippen molar-refractivity contribution in [3.63, 3.8) is 0 Å². The Morgan fingerprint density at radius 3 is 2.45 bits per heavy atom. The molecule has 2 aromatic carbocycles. The van der Waals surface area contributed by atoms with Crippen molar-refractivity contribution in [3.05, 3.63) is 69.8 Å². The van der Waals surface area contributed by atoms with Crippen LogP contribution in [0.25, 0.3) is 0 Å². The lowest BCUT2D eigenvalue weighted by Crippen LogP contribution is -2.46. The fraction of sp³-hybridized carbons (Fsp3) is 0.316. The number of carboxylic acids is 1. The second kappa shape index (κ2) is 5.25. The van der Waals surface area contributed by atoms with Crippen LogP contribution in [0.4, 0.5) is 0 Å². The van der Waals surface area contributed by atoms with Crippen LogP contribution in [0.1, 0.15) is 33.4 Å². The Morgan fingerprint density at radius 2 is 1.82 bits per heavy atom. The summed E-state index contributed by atoms with van der Waals surface area (Å²) in [5, 5.41) is 13.2. The van der Waals surface area contributed by atoms with Crippen molar-refractivity contribution in [2.45, 2.75) is 39.3 Å². The summed E-state index contributed by atoms with van der Waals surface area (Å²) in [6, 6.07) is 12.1. The van der Waals surface area contributed by atoms with E-state index in [0.29, 0.717) is 13.0 Å². The van der Waals surface area contributed by atoms with Crippen LogP contribution in [0.2, 0.25) is 0 Å². The second-order valence-corrected chi connectivity index (χ2v) is 6.28. The molecule has 0 amide bonds. The van der Waals surface area contributed by atoms with Crippen molar-refractivity contribution in [1.82, 2.24) is 5.32 Å². The second-order valence-electron chi connectivity index (χ2n) is 6.28. The zero-order valence-corrected chi connectivity index (χ0v) is 13.2. The van der Waals surface area contributed by atoms with Gasteiger partial charge in [-0.2, -0.15) is 0 Å². The number of carboxylic acid groups (broad SMARTS) is 1. The number of nitrogens with one attached hydrogen (secondary N) is 1. The van der Waals surface area contributed by atoms with E-state index in [1.165, 1.54) is 5.56 Å². The van der Waals surface area contributed by atoms with Gasteiger partial charge in [0.15, 0.2) is 0 Å². The van der Waals surface area contributed by atoms with E-state index in [-0.39, 0.29) is 0 Å². The van der Waals surface area contributed by atoms with Crippen molar-refractivity contribution >= 4 is 5.97 Å². The Hall–Kier alpha value is -2.13. The zero-order valence-electron chi connectivity index (χ0n) is 13.2. The first-order chi connectivity index (χ1) is 10.4. The molecule has 0 bridgehead atoms. The first kappa shape index (κ1) is 14.8. The Labute approximate surface area is 131 Å². The van der Waals surface area contributed by atoms with Crippen molar-refractivity contribution in [2.75, 3.05) is 0 Å². The molecular formula is C19H21NO2. The van der Waals surface area contributed by atoms with E-state index in [9.17, 15) is 9.90 Å². The first-order valence-electron chi connectivity index (χ1n) is 7.57. The average molecular weight is 295 g/mol. The molecule has 0 saturated heterocycles. The molecule has 1 heterocycles. The van der Waals surface area contributed by atoms with Crippen LogP contribution < -0.4 is 5.32 Å². The highest BCUT2D eigenvalue weighted by Crippen LogP contribution is 2.36. The summed E-state index contributed by atoms with van der Waals surface area (Å²) in [6.45, 7) is 6.80. The smallest absolute Gasteiger partial charge is 0.328 e. The normalized spacial score (nSPS) is 20.0. The number of carbonyl (C=O) groups is 1. The van der Waals surface area contributed by atoms with Gasteiger partial charge in [-0.25, -0.2) is 4.79 Å². The third-order valence-electron chi connectivity index (χ3n) is 4.71. The number of aliphatic carboxylic acids is 1. The van der Waals surface area contributed by atoms with Crippen LogP contribution in [0, 0.1) is 20.8 Å². The molecule has 2 N–H and O–H groups in total. The third kappa shape index (κ3) is 2.22. The molecule has 0 aromatic heterocycles. The quantitative estimate of drug-likeness (QED) is 0.914. The maximum atomic E-state index is 12.1. The van der Waals surface area contributed by atoms with Gasteiger partial charge in [0, 0.05) is 13.0 Å². The molecule has 2 aromatic rings. The highest BCUT2D eigenvalue weighted by atomic mass is 16.4. The van der Waals surface area contributed by atoms with Gasteiger partial charge in [-0.15, -0.1) is 0 Å². The molecular weight excluding hydrogens is 274 g/mol. The lowest BCUT2D eigenvalue weighted by atomic mass is 9.81. The minimum atomic E-state index is -1.03. The molecule has 0 spiro atoms. The summed E-state index contributed by atoms with van der Waals surface area (Å²) in [7, 11) is 0. The van der Waals surface area contributed by atoms with E-state index in [0.717, 1.165) is 27.8 Å². The van der Waals surface area contributed by atoms with Crippen LogP contribution >= 0.6 is 0 Å². The number of hydrogen-bond donors (Lipinski definition) is 2. The molecule has 114 valence electrons. The van der Waals surface area contributed by atoms with Gasteiger partial charge in [0.05, 0.1) is 0 Å². The minimum absolute atomic E-state index is 0.470. The summed E-state index contributed by atoms with van der Waals surface area (Å²) in [5.41, 5.74) is 5.59. The molecule has 3 rings (SSSR count). The molecule has 22 heavy (non-hydrogen) atoms. The van der Waals surface area contributed by atoms with E-state index in [1.54, 1.807) is 0 Å². The van der Waals surface area contributed by atoms with Gasteiger partial charge < -0.3 is 5.11 Å². The van der Waals surface area contributed by atoms with Gasteiger partial charge in [0.1, 0.15) is 5.54 Å². The Kier molecular flexibility index (Phi) is 3.53. The molecule has 0 saturated carbocycles. The van der Waals surface area contributed by atoms with Crippen LogP contribution in [0.3, 0.4) is 0 Å². The lowest BCUT2D eigenvalue weighted by Gasteiger charge is -2.28. The van der Waals surface area contributed by atoms with Gasteiger partial charge in [-0.05, 0) is 48.6 Å². The average Bonchev–Trinajstić information content (AvgIpc) is 2.83. The molecule has 0 radical (unpaired) electrons. The SMILES string of the molecule is Cc1cc(C)c(CC2(C(=O)O)NCc3ccccc32)c(C)c1. The van der Waals surface area contributed by atoms with Gasteiger partial charge in [0.2, 0.25) is 0 Å². The van der Waals surface area contributed by atoms with E-state index in [2.05, 4.69) is 38.2 Å². The standard InChI is InChI=1S/C19H21NO2/c1-12-8-13(2)16(14(3)9-12)10-19(18(21)22)17-7-5-4-6-15(17)11-20-19/h4-9,20H,10-11H2,1-3H3,(H,21,22). The van der Waals surface area contributed by atoms with Gasteiger partial charge >= 0.3 is 5.97 Å². The fourth-order valence-corrected chi connectivity index (χ4v) is 3.61. The van der Waals surface area contributed by atoms with Gasteiger partial charge in [-0.1, -0.05) is 42.0 Å². The fourth-order valence-electron chi connectivity index (χ4n) is 3.61. The predicted molar refractivity (Wildman–Crippen MR) is 87.0 cm³/mol. The Morgan fingerprint density at radius 1 is 1.18 bits per heavy atom. The summed E-state index contributed by atoms with van der Waals surface area (Å²) < 4.78 is 0. The Bertz CT molecular complexity index is 728. The molecule has 3 nitrogen and oxygen atoms in total. The van der Waals surface area contributed by atoms with Gasteiger partial charge in [0.25, 0.3) is 0 Å². The topological polar surface area (TPSA) is 49.3 Å². The van der Waals surface area contributed by atoms with E-state index >= 15 is 0 Å². The third-order valence-corrected chi connectivity index (χ3v) is 4.71. The van der Waals surface area contributed by atoms with Crippen LogP contribution in [-0.2, 0) is 23.3 Å². The number of aryl methyl sites for hydroxylation is 3. The summed E-state index contributed by atoms with van der Waals surface area (Å²) in [4.78, 5) is 12.1. The van der Waals surface area contributed by atoms with Crippen LogP contribution in [0.15, 0.2) is 36.4 Å². The number of rotatable bonds is 3. The van der Waals surface area contributed by atoms with Gasteiger partial charge in [-0.3, -0.25) is 5.32 Å². The van der Waals surface area contributed by atoms with E-state index in [4.69, 9.17) is 0 Å². The highest BCUT2D eigenvalue weighted by Gasteiger charge is 2.45. The first-order valence-corrected chi connectivity index (χ1v) is 7.57. The molecule has 1 aliphatic heterocycles. The van der Waals surface area contributed by atoms with Crippen molar-refractivity contribution in [3.8, 4) is 0 Å². The number of benzene rings is 2. The molecule has 3 heteroatoms. The number of fused-ring (bicyclic) bond motifs is 1. The molecule has 0 aliphatic carbocycles. The van der Waals surface area contributed by atoms with Crippen LogP contribution in [0.5, 0.6) is 0 Å². The zero-order chi connectivity index (χ0) is 15.9. The monoisotopic (exact) mass is 295 g/mol. The number of hydrogen-bond acceptors (Lipinski definition) is 2. The summed E-state index contributed by atoms with van der Waals surface area (Å²) in [6.07, 6.45) is 0.470. The minimum Gasteiger partial charge on any atom is -0.480 e. The largest absolute Gasteiger partial charge is 0.480 e. The van der Waals surface area contributed by atoms with E-state index in [1.807, 2.05) is 24.3 Å². The summed E-state index contributed by atoms with van der Waals surface area (Å²) >= 11 is 0. The lowest BCUT2D eigenvalue weighted by molar-refractivity contribution is -0.145. The predicted octanol–water partition coefficient (Wildman–Crippen LogP) is 3.24. The highest BCUT2D eigenvalue weighted by molar-refractivity contribution is 5.83. The maximum Gasteiger partial charge on any atom is 0.328 e. The molecule has 0 fully saturated rings. The Balaban J connectivity index is 2.11. The molecule has 1 aliphatic rings. The van der Waals surface area contributed by atoms with Crippen molar-refractivity contribution < 1.29 is 9.90 Å². The molecule has 1 unspecified atom stereocenters. The van der Waals surface area contributed by atoms with Crippen molar-refractivity contribution in [2.24, 2.45) is 0 Å². The van der Waals surface area contributed by atoms with Crippen LogP contribution in [-0.4, -0.2) is 11.1 Å². The van der Waals surface area contributed by atoms with E-state index < -0.39 is 11.5 Å².